The molecule has 1 aromatic heterocycles. The van der Waals surface area contributed by atoms with Crippen LogP contribution in [0.5, 0.6) is 0 Å². The molecule has 0 atom stereocenters. The molecule has 1 aliphatic rings. The van der Waals surface area contributed by atoms with E-state index in [0.717, 1.165) is 25.1 Å². The quantitative estimate of drug-likeness (QED) is 0.847. The molecule has 0 unspecified atom stereocenters. The third-order valence-electron chi connectivity index (χ3n) is 4.19. The molecule has 5 heteroatoms. The Kier molecular flexibility index (Phi) is 5.51. The zero-order valence-electron chi connectivity index (χ0n) is 12.9. The highest BCUT2D eigenvalue weighted by Gasteiger charge is 2.33. The van der Waals surface area contributed by atoms with Gasteiger partial charge in [-0.2, -0.15) is 11.8 Å². The summed E-state index contributed by atoms with van der Waals surface area (Å²) in [4.78, 5) is 16.6. The SMILES string of the molecule is CCCc1cc(C(=O)NCC2(SC)CCCC2)cc(N)n1. The summed E-state index contributed by atoms with van der Waals surface area (Å²) in [5, 5.41) is 3.09. The largest absolute Gasteiger partial charge is 0.384 e. The summed E-state index contributed by atoms with van der Waals surface area (Å²) in [6.45, 7) is 2.82. The van der Waals surface area contributed by atoms with Crippen LogP contribution in [0.15, 0.2) is 12.1 Å². The molecule has 0 aromatic carbocycles. The van der Waals surface area contributed by atoms with E-state index < -0.39 is 0 Å². The second-order valence-electron chi connectivity index (χ2n) is 5.80. The monoisotopic (exact) mass is 307 g/mol. The number of pyridine rings is 1. The van der Waals surface area contributed by atoms with Crippen LogP contribution >= 0.6 is 11.8 Å². The number of hydrogen-bond donors (Lipinski definition) is 2. The Morgan fingerprint density at radius 1 is 1.43 bits per heavy atom. The number of nitrogens with two attached hydrogens (primary N) is 1. The van der Waals surface area contributed by atoms with E-state index in [2.05, 4.69) is 23.5 Å². The number of aromatic nitrogens is 1. The topological polar surface area (TPSA) is 68.0 Å². The van der Waals surface area contributed by atoms with Gasteiger partial charge in [-0.1, -0.05) is 26.2 Å². The Bertz CT molecular complexity index is 498. The number of anilines is 1. The molecule has 0 spiro atoms. The number of carbonyl (C=O) groups is 1. The zero-order valence-corrected chi connectivity index (χ0v) is 13.8. The molecule has 1 amide bonds. The molecule has 0 bridgehead atoms. The van der Waals surface area contributed by atoms with Gasteiger partial charge in [0.1, 0.15) is 5.82 Å². The summed E-state index contributed by atoms with van der Waals surface area (Å²) >= 11 is 1.88. The number of nitrogen functional groups attached to an aromatic ring is 1. The molecule has 1 saturated carbocycles. The van der Waals surface area contributed by atoms with Crippen molar-refractivity contribution >= 4 is 23.5 Å². The first kappa shape index (κ1) is 16.1. The molecule has 2 rings (SSSR count). The van der Waals surface area contributed by atoms with Crippen LogP contribution in [0.2, 0.25) is 0 Å². The van der Waals surface area contributed by atoms with Gasteiger partial charge in [-0.3, -0.25) is 4.79 Å². The van der Waals surface area contributed by atoms with Gasteiger partial charge in [0.15, 0.2) is 0 Å². The van der Waals surface area contributed by atoms with Crippen molar-refractivity contribution in [2.45, 2.75) is 50.2 Å². The van der Waals surface area contributed by atoms with Gasteiger partial charge in [-0.25, -0.2) is 4.98 Å². The molecule has 3 N–H and O–H groups in total. The average Bonchev–Trinajstić information content (AvgIpc) is 2.94. The van der Waals surface area contributed by atoms with Crippen molar-refractivity contribution in [1.82, 2.24) is 10.3 Å². The Labute approximate surface area is 131 Å². The maximum absolute atomic E-state index is 12.4. The molecule has 1 aliphatic carbocycles. The minimum Gasteiger partial charge on any atom is -0.384 e. The molecule has 21 heavy (non-hydrogen) atoms. The van der Waals surface area contributed by atoms with Gasteiger partial charge < -0.3 is 11.1 Å². The summed E-state index contributed by atoms with van der Waals surface area (Å²) < 4.78 is 0.223. The van der Waals surface area contributed by atoms with Crippen LogP contribution in [-0.4, -0.2) is 28.4 Å². The van der Waals surface area contributed by atoms with Gasteiger partial charge in [-0.15, -0.1) is 0 Å². The van der Waals surface area contributed by atoms with E-state index in [4.69, 9.17) is 5.73 Å². The van der Waals surface area contributed by atoms with Crippen LogP contribution in [-0.2, 0) is 6.42 Å². The lowest BCUT2D eigenvalue weighted by Crippen LogP contribution is -2.38. The Balaban J connectivity index is 2.02. The number of thioether (sulfide) groups is 1. The molecule has 116 valence electrons. The average molecular weight is 307 g/mol. The van der Waals surface area contributed by atoms with Crippen LogP contribution in [0.4, 0.5) is 5.82 Å². The minimum atomic E-state index is -0.0400. The molecule has 4 nitrogen and oxygen atoms in total. The predicted octanol–water partition coefficient (Wildman–Crippen LogP) is 3.02. The summed E-state index contributed by atoms with van der Waals surface area (Å²) in [6, 6.07) is 3.52. The third-order valence-corrected chi connectivity index (χ3v) is 5.60. The van der Waals surface area contributed by atoms with E-state index in [-0.39, 0.29) is 10.7 Å². The second kappa shape index (κ2) is 7.16. The summed E-state index contributed by atoms with van der Waals surface area (Å²) in [5.41, 5.74) is 7.32. The molecule has 1 aromatic rings. The van der Waals surface area contributed by atoms with E-state index in [0.29, 0.717) is 11.4 Å². The molecule has 0 saturated heterocycles. The fraction of sp³-hybridized carbons (Fsp3) is 0.625. The van der Waals surface area contributed by atoms with Crippen LogP contribution < -0.4 is 11.1 Å². The minimum absolute atomic E-state index is 0.0400. The van der Waals surface area contributed by atoms with Crippen molar-refractivity contribution in [2.24, 2.45) is 0 Å². The molecule has 1 fully saturated rings. The molecule has 0 aliphatic heterocycles. The standard InChI is InChI=1S/C16H25N3OS/c1-3-6-13-9-12(10-14(17)19-13)15(20)18-11-16(21-2)7-4-5-8-16/h9-10H,3-8,11H2,1-2H3,(H2,17,19)(H,18,20). The van der Waals surface area contributed by atoms with Crippen molar-refractivity contribution in [1.29, 1.82) is 0 Å². The van der Waals surface area contributed by atoms with E-state index >= 15 is 0 Å². The lowest BCUT2D eigenvalue weighted by molar-refractivity contribution is 0.0949. The van der Waals surface area contributed by atoms with Gasteiger partial charge in [0.05, 0.1) is 0 Å². The number of aryl methyl sites for hydroxylation is 1. The number of nitrogens with one attached hydrogen (secondary N) is 1. The number of nitrogens with zero attached hydrogens (tertiary/aromatic N) is 1. The molecule has 0 radical (unpaired) electrons. The van der Waals surface area contributed by atoms with Crippen molar-refractivity contribution < 1.29 is 4.79 Å². The van der Waals surface area contributed by atoms with Crippen molar-refractivity contribution in [2.75, 3.05) is 18.5 Å². The van der Waals surface area contributed by atoms with Crippen molar-refractivity contribution in [3.8, 4) is 0 Å². The number of rotatable bonds is 6. The second-order valence-corrected chi connectivity index (χ2v) is 7.07. The van der Waals surface area contributed by atoms with Gasteiger partial charge in [-0.05, 0) is 37.7 Å². The van der Waals surface area contributed by atoms with Gasteiger partial charge in [0.25, 0.3) is 5.91 Å². The first-order valence-electron chi connectivity index (χ1n) is 7.68. The lowest BCUT2D eigenvalue weighted by atomic mass is 10.1. The first-order valence-corrected chi connectivity index (χ1v) is 8.91. The van der Waals surface area contributed by atoms with Crippen LogP contribution in [0, 0.1) is 0 Å². The highest BCUT2D eigenvalue weighted by Crippen LogP contribution is 2.39. The predicted molar refractivity (Wildman–Crippen MR) is 89.7 cm³/mol. The summed E-state index contributed by atoms with van der Waals surface area (Å²) in [6.07, 6.45) is 8.88. The van der Waals surface area contributed by atoms with Crippen molar-refractivity contribution in [3.63, 3.8) is 0 Å². The highest BCUT2D eigenvalue weighted by molar-refractivity contribution is 8.00. The molecular weight excluding hydrogens is 282 g/mol. The fourth-order valence-corrected chi connectivity index (χ4v) is 3.86. The third kappa shape index (κ3) is 4.13. The maximum Gasteiger partial charge on any atom is 0.251 e. The molecule has 1 heterocycles. The zero-order chi connectivity index (χ0) is 15.3. The van der Waals surface area contributed by atoms with Crippen LogP contribution in [0.3, 0.4) is 0 Å². The van der Waals surface area contributed by atoms with Gasteiger partial charge in [0, 0.05) is 22.5 Å². The lowest BCUT2D eigenvalue weighted by Gasteiger charge is -2.26. The molecular formula is C16H25N3OS. The van der Waals surface area contributed by atoms with Crippen molar-refractivity contribution in [3.05, 3.63) is 23.4 Å². The van der Waals surface area contributed by atoms with E-state index in [9.17, 15) is 4.79 Å². The summed E-state index contributed by atoms with van der Waals surface area (Å²) in [7, 11) is 0. The fourth-order valence-electron chi connectivity index (χ4n) is 2.94. The number of amides is 1. The van der Waals surface area contributed by atoms with E-state index in [1.807, 2.05) is 17.8 Å². The summed E-state index contributed by atoms with van der Waals surface area (Å²) in [5.74, 6) is 0.383. The van der Waals surface area contributed by atoms with E-state index in [1.54, 1.807) is 6.07 Å². The number of hydrogen-bond acceptors (Lipinski definition) is 4. The Hall–Kier alpha value is -1.23. The van der Waals surface area contributed by atoms with Crippen LogP contribution in [0.25, 0.3) is 0 Å². The Morgan fingerprint density at radius 2 is 2.14 bits per heavy atom. The first-order chi connectivity index (χ1) is 10.1. The maximum atomic E-state index is 12.4. The Morgan fingerprint density at radius 3 is 2.76 bits per heavy atom. The number of carbonyl (C=O) groups excluding carboxylic acids is 1. The highest BCUT2D eigenvalue weighted by atomic mass is 32.2. The smallest absolute Gasteiger partial charge is 0.251 e. The van der Waals surface area contributed by atoms with E-state index in [1.165, 1.54) is 25.7 Å². The van der Waals surface area contributed by atoms with Gasteiger partial charge in [0.2, 0.25) is 0 Å². The van der Waals surface area contributed by atoms with Gasteiger partial charge >= 0.3 is 0 Å². The normalized spacial score (nSPS) is 16.9. The van der Waals surface area contributed by atoms with Crippen LogP contribution in [0.1, 0.15) is 55.1 Å².